The molecule has 0 aliphatic carbocycles. The molecule has 0 bridgehead atoms. The molecule has 6 atom stereocenters. The van der Waals surface area contributed by atoms with Gasteiger partial charge in [-0.2, -0.15) is 42.1 Å². The molecule has 10 aromatic carbocycles. The fourth-order valence-electron chi connectivity index (χ4n) is 20.6. The summed E-state index contributed by atoms with van der Waals surface area (Å²) in [5.41, 5.74) is 19.0. The third kappa shape index (κ3) is 21.7. The Morgan fingerprint density at radius 2 is 0.861 bits per heavy atom. The van der Waals surface area contributed by atoms with Crippen LogP contribution in [0.25, 0.3) is 0 Å². The van der Waals surface area contributed by atoms with Crippen molar-refractivity contribution in [3.05, 3.63) is 282 Å². The highest BCUT2D eigenvalue weighted by Crippen LogP contribution is 2.48. The van der Waals surface area contributed by atoms with E-state index in [0.717, 1.165) is 112 Å². The number of fused-ring (bicyclic) bond motifs is 16. The average molecular weight is 1940 g/mol. The Bertz CT molecular complexity index is 6530. The first-order chi connectivity index (χ1) is 65.7. The zero-order chi connectivity index (χ0) is 96.5. The van der Waals surface area contributed by atoms with Crippen molar-refractivity contribution in [2.45, 2.75) is 184 Å². The number of aryl methyl sites for hydroxylation is 4. The van der Waals surface area contributed by atoms with Gasteiger partial charge in [0.15, 0.2) is 23.0 Å². The van der Waals surface area contributed by atoms with Crippen molar-refractivity contribution < 1.29 is 92.2 Å². The third-order valence-corrected chi connectivity index (χ3v) is 30.0. The molecular formula is C107H118N6O20S4. The predicted octanol–water partition coefficient (Wildman–Crippen LogP) is 17.1. The monoisotopic (exact) mass is 1930 g/mol. The van der Waals surface area contributed by atoms with Crippen LogP contribution in [0.4, 0.5) is 34.1 Å². The van der Waals surface area contributed by atoms with E-state index in [-0.39, 0.29) is 96.8 Å². The smallest absolute Gasteiger partial charge is 0.272 e. The number of thiol groups is 2. The Labute approximate surface area is 812 Å². The largest absolute Gasteiger partial charge is 0.493 e. The van der Waals surface area contributed by atoms with E-state index >= 15 is 0 Å². The number of benzene rings is 10. The summed E-state index contributed by atoms with van der Waals surface area (Å²) >= 11 is 9.54. The zero-order valence-electron chi connectivity index (χ0n) is 78.9. The minimum atomic E-state index is -4.39. The fraction of sp³-hybridized carbons (Fsp3) is 0.393. The van der Waals surface area contributed by atoms with Gasteiger partial charge >= 0.3 is 0 Å². The van der Waals surface area contributed by atoms with Crippen LogP contribution in [0.5, 0.6) is 34.5 Å². The molecule has 0 radical (unpaired) electrons. The van der Waals surface area contributed by atoms with E-state index in [1.165, 1.54) is 18.2 Å². The number of rotatable bonds is 34. The van der Waals surface area contributed by atoms with Crippen molar-refractivity contribution in [1.82, 2.24) is 0 Å². The van der Waals surface area contributed by atoms with Crippen molar-refractivity contribution in [2.24, 2.45) is 5.92 Å². The van der Waals surface area contributed by atoms with Gasteiger partial charge in [-0.05, 0) is 285 Å². The van der Waals surface area contributed by atoms with Gasteiger partial charge in [0, 0.05) is 117 Å². The Kier molecular flexibility index (Phi) is 29.0. The van der Waals surface area contributed by atoms with E-state index in [0.29, 0.717) is 157 Å². The van der Waals surface area contributed by atoms with Gasteiger partial charge in [-0.25, -0.2) is 0 Å². The summed E-state index contributed by atoms with van der Waals surface area (Å²) in [5, 5.41) is 2.04. The molecule has 0 saturated heterocycles. The molecule has 8 aliphatic rings. The standard InChI is InChI=1S/C56H65N3O11S2.C51H53N3O9S2/c1-36-22-46-39(14-15-44-27-40-10-6-8-12-48(40)58(44)54(46)60)29-51(36)69-32-37-23-38(25-45(24-37)57(35-56(2,3)71)16-17-67-20-21-68-19-18-65-4)33-70-53-30-42-26-43(34-72(62,63)64)50-28-41-11-7-9-13-49(41)59(50)55(61)47(42)31-52(53)66-5;1-30-18-39-36(26-47(65(58,59)61-5)43-23-35-11-7-9-13-42(35)54(43)50(39)57)25-44(30)62-28-31-19-32(21-37(20-31)52-48(55)16-17-51(2,3)64)29-63-46-24-33-14-15-38-22-34-10-6-8-12-41(34)53(38)49(56)40(33)27-45(46)60-4/h6-13,22-25,29-31,43-44,50,71H,14-21,26-28,32-35H2,1-5H3,(H,62,63,64);6-13,18-21,24-25,27,38,43,47,64H,14-17,22-23,26,28-29H2,1-5H3,(H,52,55)/t43?,44-,50+;38-,43+,47?/m11/s1. The van der Waals surface area contributed by atoms with Crippen LogP contribution in [-0.2, 0) is 121 Å². The average Bonchev–Trinajstić information content (AvgIpc) is 1.60. The van der Waals surface area contributed by atoms with Gasteiger partial charge in [-0.1, -0.05) is 86.6 Å². The van der Waals surface area contributed by atoms with Crippen LogP contribution in [0.2, 0.25) is 0 Å². The normalized spacial score (nSPS) is 18.3. The number of ether oxygens (including phenoxy) is 9. The lowest BCUT2D eigenvalue weighted by atomic mass is 9.91. The van der Waals surface area contributed by atoms with Crippen LogP contribution in [0.1, 0.15) is 173 Å². The van der Waals surface area contributed by atoms with Gasteiger partial charge in [-0.15, -0.1) is 0 Å². The highest BCUT2D eigenvalue weighted by atomic mass is 32.2. The number of amides is 5. The maximum Gasteiger partial charge on any atom is 0.272 e. The second kappa shape index (κ2) is 40.9. The molecule has 0 saturated carbocycles. The van der Waals surface area contributed by atoms with Crippen molar-refractivity contribution in [3.8, 4) is 34.5 Å². The number of para-hydroxylation sites is 4. The van der Waals surface area contributed by atoms with Crippen LogP contribution in [0.3, 0.4) is 0 Å². The highest BCUT2D eigenvalue weighted by molar-refractivity contribution is 7.87. The van der Waals surface area contributed by atoms with Gasteiger partial charge in [-0.3, -0.25) is 32.7 Å². The first-order valence-corrected chi connectivity index (χ1v) is 50.7. The van der Waals surface area contributed by atoms with Gasteiger partial charge in [0.1, 0.15) is 43.2 Å². The molecule has 137 heavy (non-hydrogen) atoms. The lowest BCUT2D eigenvalue weighted by Gasteiger charge is -2.32. The zero-order valence-corrected chi connectivity index (χ0v) is 82.3. The maximum atomic E-state index is 14.5. The molecule has 0 spiro atoms. The summed E-state index contributed by atoms with van der Waals surface area (Å²) in [4.78, 5) is 79.7. The van der Waals surface area contributed by atoms with Gasteiger partial charge < -0.3 is 72.4 Å². The Morgan fingerprint density at radius 1 is 0.453 bits per heavy atom. The van der Waals surface area contributed by atoms with E-state index in [1.54, 1.807) is 54.4 Å². The first kappa shape index (κ1) is 97.2. The number of hydrogen-bond donors (Lipinski definition) is 4. The molecule has 8 aliphatic heterocycles. The predicted molar refractivity (Wildman–Crippen MR) is 535 cm³/mol. The summed E-state index contributed by atoms with van der Waals surface area (Å²) in [5.74, 6) is 1.06. The van der Waals surface area contributed by atoms with Crippen molar-refractivity contribution in [3.63, 3.8) is 0 Å². The molecule has 0 fully saturated rings. The van der Waals surface area contributed by atoms with Crippen molar-refractivity contribution in [1.29, 1.82) is 0 Å². The SMILES string of the molecule is COCCOCCOCCN(CC(C)(C)S)c1cc(COc2cc3c(cc2C)C(=O)N2c4ccccc4C[C@H]2CC3)cc(COc2cc3c(cc2OC)C(=O)N2c4ccccc4C[C@H]2C(CS(=O)(=O)O)C3)c1.COc1cc2c(cc1OCc1cc(COc3cc4c(cc3C)C(=O)N3c5ccccc5C[C@H]3C(S(=O)(=O)OC)C4)cc(NC(=O)CCC(C)(C)S)c1)CC[C@@H]1Cc3ccccc3N1C2=O. The number of methoxy groups -OCH3 is 3. The third-order valence-electron chi connectivity index (χ3n) is 27.1. The lowest BCUT2D eigenvalue weighted by Crippen LogP contribution is -2.47. The Balaban J connectivity index is 0.000000191. The van der Waals surface area contributed by atoms with Crippen LogP contribution >= 0.6 is 25.3 Å². The molecule has 30 heteroatoms. The van der Waals surface area contributed by atoms with Gasteiger partial charge in [0.2, 0.25) is 5.91 Å². The number of nitrogens with zero attached hydrogens (tertiary/aromatic N) is 5. The molecule has 720 valence electrons. The van der Waals surface area contributed by atoms with Crippen LogP contribution in [-0.4, -0.2) is 170 Å². The second-order valence-corrected chi connectivity index (χ2v) is 43.9. The summed E-state index contributed by atoms with van der Waals surface area (Å²) in [6.45, 7) is 15.9. The molecular weight excluding hydrogens is 1820 g/mol. The fourth-order valence-corrected chi connectivity index (χ4v) is 23.0. The van der Waals surface area contributed by atoms with E-state index in [2.05, 4.69) is 61.0 Å². The van der Waals surface area contributed by atoms with Crippen LogP contribution < -0.4 is 58.2 Å². The summed E-state index contributed by atoms with van der Waals surface area (Å²) in [6, 6.07) is 57.0. The van der Waals surface area contributed by atoms with Crippen molar-refractivity contribution in [2.75, 3.05) is 110 Å². The number of carbonyl (C=O) groups excluding carboxylic acids is 5. The molecule has 10 aromatic rings. The molecule has 2 N–H and O–H groups in total. The molecule has 8 heterocycles. The number of hydrogen-bond acceptors (Lipinski definition) is 22. The Hall–Kier alpha value is -11.5. The quantitative estimate of drug-likeness (QED) is 0.0126. The van der Waals surface area contributed by atoms with Crippen molar-refractivity contribution >= 4 is 109 Å². The number of anilines is 6. The van der Waals surface area contributed by atoms with Crippen LogP contribution in [0.15, 0.2) is 182 Å². The Morgan fingerprint density at radius 3 is 1.35 bits per heavy atom. The summed E-state index contributed by atoms with van der Waals surface area (Å²) in [6.07, 6.45) is 6.78. The number of nitrogens with one attached hydrogen (secondary N) is 1. The summed E-state index contributed by atoms with van der Waals surface area (Å²) in [7, 11) is -2.57. The lowest BCUT2D eigenvalue weighted by molar-refractivity contribution is -0.116. The van der Waals surface area contributed by atoms with E-state index in [9.17, 15) is 45.4 Å². The molecule has 2 unspecified atom stereocenters. The van der Waals surface area contributed by atoms with E-state index in [4.69, 9.17) is 59.4 Å². The second-order valence-electron chi connectivity index (χ2n) is 38.0. The molecule has 0 aromatic heterocycles. The minimum absolute atomic E-state index is 0.0287. The summed E-state index contributed by atoms with van der Waals surface area (Å²) < 4.78 is 121. The molecule has 26 nitrogen and oxygen atoms in total. The molecule has 5 amide bonds. The van der Waals surface area contributed by atoms with Gasteiger partial charge in [0.05, 0.1) is 66.2 Å². The van der Waals surface area contributed by atoms with E-state index < -0.39 is 49.2 Å². The number of carbonyl (C=O) groups is 5. The van der Waals surface area contributed by atoms with Crippen LogP contribution in [0, 0.1) is 19.8 Å². The molecule has 18 rings (SSSR count). The minimum Gasteiger partial charge on any atom is -0.493 e. The van der Waals surface area contributed by atoms with Gasteiger partial charge in [0.25, 0.3) is 43.9 Å². The first-order valence-electron chi connectivity index (χ1n) is 46.7. The topological polar surface area (TPSA) is 294 Å². The highest BCUT2D eigenvalue weighted by Gasteiger charge is 2.49. The van der Waals surface area contributed by atoms with E-state index in [1.807, 2.05) is 165 Å². The maximum absolute atomic E-state index is 14.5.